The van der Waals surface area contributed by atoms with Gasteiger partial charge in [-0.05, 0) is 13.3 Å². The molecule has 1 saturated heterocycles. The van der Waals surface area contributed by atoms with Gasteiger partial charge in [0.15, 0.2) is 11.0 Å². The number of rotatable bonds is 3. The molecule has 0 spiro atoms. The van der Waals surface area contributed by atoms with E-state index in [9.17, 15) is 0 Å². The van der Waals surface area contributed by atoms with Crippen molar-refractivity contribution in [1.82, 2.24) is 0 Å². The predicted octanol–water partition coefficient (Wildman–Crippen LogP) is 1.15. The Labute approximate surface area is 82.7 Å². The number of amidine groups is 1. The Morgan fingerprint density at radius 1 is 1.77 bits per heavy atom. The Morgan fingerprint density at radius 3 is 2.92 bits per heavy atom. The summed E-state index contributed by atoms with van der Waals surface area (Å²) >= 11 is 1.30. The summed E-state index contributed by atoms with van der Waals surface area (Å²) in [5.41, 5.74) is 5.22. The lowest BCUT2D eigenvalue weighted by Gasteiger charge is -2.20. The van der Waals surface area contributed by atoms with E-state index in [1.807, 2.05) is 13.8 Å². The molecule has 3 N–H and O–H groups in total. The van der Waals surface area contributed by atoms with Gasteiger partial charge in [-0.2, -0.15) is 0 Å². The molecule has 0 amide bonds. The smallest absolute Gasteiger partial charge is 0.165 e. The van der Waals surface area contributed by atoms with Crippen molar-refractivity contribution in [1.29, 1.82) is 5.41 Å². The highest BCUT2D eigenvalue weighted by molar-refractivity contribution is 8.13. The van der Waals surface area contributed by atoms with Crippen LogP contribution in [0.4, 0.5) is 0 Å². The molecule has 0 bridgehead atoms. The van der Waals surface area contributed by atoms with Crippen LogP contribution in [0.25, 0.3) is 0 Å². The Balaban J connectivity index is 2.29. The fraction of sp³-hybridized carbons (Fsp3) is 0.875. The number of hydrogen-bond acceptors (Lipinski definition) is 4. The van der Waals surface area contributed by atoms with E-state index in [0.717, 1.165) is 6.42 Å². The second kappa shape index (κ2) is 4.30. The maximum absolute atomic E-state index is 7.05. The van der Waals surface area contributed by atoms with Gasteiger partial charge in [0.25, 0.3) is 0 Å². The van der Waals surface area contributed by atoms with Gasteiger partial charge in [0.05, 0.1) is 12.7 Å². The summed E-state index contributed by atoms with van der Waals surface area (Å²) < 4.78 is 11.1. The Bertz CT molecular complexity index is 201. The standard InChI is InChI=1S/C8H16N2O2S/c1-3-8(2)11-4-6(12-8)5-13-7(9)10/h6H,3-5H2,1-2H3,(H3,9,10)/t6-,8-/m1/s1. The van der Waals surface area contributed by atoms with Crippen molar-refractivity contribution >= 4 is 16.9 Å². The monoisotopic (exact) mass is 204 g/mol. The minimum Gasteiger partial charge on any atom is -0.379 e. The second-order valence-electron chi connectivity index (χ2n) is 3.21. The van der Waals surface area contributed by atoms with Crippen LogP contribution >= 0.6 is 11.8 Å². The van der Waals surface area contributed by atoms with Crippen LogP contribution in [-0.2, 0) is 9.47 Å². The molecule has 0 aromatic heterocycles. The number of ether oxygens (including phenoxy) is 2. The lowest BCUT2D eigenvalue weighted by molar-refractivity contribution is -0.152. The van der Waals surface area contributed by atoms with Crippen molar-refractivity contribution in [3.05, 3.63) is 0 Å². The first-order chi connectivity index (χ1) is 6.06. The maximum Gasteiger partial charge on any atom is 0.165 e. The highest BCUT2D eigenvalue weighted by Gasteiger charge is 2.35. The van der Waals surface area contributed by atoms with Gasteiger partial charge in [-0.1, -0.05) is 18.7 Å². The first-order valence-corrected chi connectivity index (χ1v) is 5.33. The van der Waals surface area contributed by atoms with Crippen LogP contribution in [0.3, 0.4) is 0 Å². The maximum atomic E-state index is 7.05. The highest BCUT2D eigenvalue weighted by atomic mass is 32.2. The summed E-state index contributed by atoms with van der Waals surface area (Å²) in [5, 5.41) is 7.18. The molecule has 1 rings (SSSR count). The van der Waals surface area contributed by atoms with Crippen LogP contribution in [0.1, 0.15) is 20.3 Å². The zero-order valence-corrected chi connectivity index (χ0v) is 8.82. The largest absolute Gasteiger partial charge is 0.379 e. The van der Waals surface area contributed by atoms with E-state index in [1.165, 1.54) is 11.8 Å². The molecule has 4 nitrogen and oxygen atoms in total. The van der Waals surface area contributed by atoms with Gasteiger partial charge in [-0.3, -0.25) is 5.41 Å². The molecule has 13 heavy (non-hydrogen) atoms. The van der Waals surface area contributed by atoms with E-state index >= 15 is 0 Å². The minimum atomic E-state index is -0.429. The number of thioether (sulfide) groups is 1. The van der Waals surface area contributed by atoms with Crippen molar-refractivity contribution in [2.45, 2.75) is 32.2 Å². The highest BCUT2D eigenvalue weighted by Crippen LogP contribution is 2.27. The topological polar surface area (TPSA) is 68.3 Å². The molecule has 76 valence electrons. The third-order valence-electron chi connectivity index (χ3n) is 2.06. The zero-order chi connectivity index (χ0) is 9.90. The summed E-state index contributed by atoms with van der Waals surface area (Å²) in [6, 6.07) is 0. The SMILES string of the molecule is CC[C@]1(C)OC[C@H](CSC(=N)N)O1. The first kappa shape index (κ1) is 10.8. The molecule has 1 fully saturated rings. The summed E-state index contributed by atoms with van der Waals surface area (Å²) in [4.78, 5) is 0. The van der Waals surface area contributed by atoms with Crippen molar-refractivity contribution in [2.24, 2.45) is 5.73 Å². The lowest BCUT2D eigenvalue weighted by atomic mass is 10.2. The average Bonchev–Trinajstić information content (AvgIpc) is 2.45. The van der Waals surface area contributed by atoms with Crippen molar-refractivity contribution in [2.75, 3.05) is 12.4 Å². The first-order valence-electron chi connectivity index (χ1n) is 4.34. The van der Waals surface area contributed by atoms with Crippen molar-refractivity contribution in [3.63, 3.8) is 0 Å². The van der Waals surface area contributed by atoms with Gasteiger partial charge in [-0.15, -0.1) is 0 Å². The molecular weight excluding hydrogens is 188 g/mol. The van der Waals surface area contributed by atoms with E-state index in [1.54, 1.807) is 0 Å². The summed E-state index contributed by atoms with van der Waals surface area (Å²) in [5.74, 6) is 0.271. The van der Waals surface area contributed by atoms with E-state index in [-0.39, 0.29) is 11.3 Å². The molecule has 1 aliphatic heterocycles. The van der Waals surface area contributed by atoms with Crippen molar-refractivity contribution in [3.8, 4) is 0 Å². The van der Waals surface area contributed by atoms with Crippen LogP contribution in [0.2, 0.25) is 0 Å². The summed E-state index contributed by atoms with van der Waals surface area (Å²) in [6.07, 6.45) is 0.910. The fourth-order valence-corrected chi connectivity index (χ4v) is 1.67. The van der Waals surface area contributed by atoms with Gasteiger partial charge in [0, 0.05) is 5.75 Å². The van der Waals surface area contributed by atoms with Crippen LogP contribution in [-0.4, -0.2) is 29.4 Å². The third-order valence-corrected chi connectivity index (χ3v) is 2.91. The fourth-order valence-electron chi connectivity index (χ4n) is 1.14. The van der Waals surface area contributed by atoms with Crippen LogP contribution in [0.5, 0.6) is 0 Å². The quantitative estimate of drug-likeness (QED) is 0.534. The molecule has 0 aliphatic carbocycles. The summed E-state index contributed by atoms with van der Waals surface area (Å²) in [7, 11) is 0. The molecule has 0 aromatic rings. The molecule has 0 aromatic carbocycles. The van der Waals surface area contributed by atoms with Crippen molar-refractivity contribution < 1.29 is 9.47 Å². The van der Waals surface area contributed by atoms with E-state index < -0.39 is 5.79 Å². The van der Waals surface area contributed by atoms with Crippen LogP contribution in [0.15, 0.2) is 0 Å². The van der Waals surface area contributed by atoms with Gasteiger partial charge in [0.2, 0.25) is 0 Å². The summed E-state index contributed by atoms with van der Waals surface area (Å²) in [6.45, 7) is 4.57. The minimum absolute atomic E-state index is 0.0684. The van der Waals surface area contributed by atoms with Gasteiger partial charge in [0.1, 0.15) is 0 Å². The second-order valence-corrected chi connectivity index (χ2v) is 4.28. The molecule has 1 aliphatic rings. The molecule has 1 heterocycles. The molecule has 0 unspecified atom stereocenters. The Kier molecular flexibility index (Phi) is 3.58. The van der Waals surface area contributed by atoms with E-state index in [2.05, 4.69) is 0 Å². The van der Waals surface area contributed by atoms with E-state index in [4.69, 9.17) is 20.6 Å². The van der Waals surface area contributed by atoms with E-state index in [0.29, 0.717) is 12.4 Å². The molecule has 0 radical (unpaired) electrons. The Morgan fingerprint density at radius 2 is 2.46 bits per heavy atom. The van der Waals surface area contributed by atoms with Crippen LogP contribution < -0.4 is 5.73 Å². The zero-order valence-electron chi connectivity index (χ0n) is 8.00. The number of nitrogens with two attached hydrogens (primary N) is 1. The molecule has 0 saturated carbocycles. The number of nitrogens with one attached hydrogen (secondary N) is 1. The van der Waals surface area contributed by atoms with Gasteiger partial charge < -0.3 is 15.2 Å². The van der Waals surface area contributed by atoms with Gasteiger partial charge >= 0.3 is 0 Å². The Hall–Kier alpha value is -0.260. The molecule has 5 heteroatoms. The number of hydrogen-bond donors (Lipinski definition) is 2. The third kappa shape index (κ3) is 3.17. The van der Waals surface area contributed by atoms with Crippen LogP contribution in [0, 0.1) is 5.41 Å². The normalized spacial score (nSPS) is 33.5. The predicted molar refractivity (Wildman–Crippen MR) is 53.9 cm³/mol. The van der Waals surface area contributed by atoms with Gasteiger partial charge in [-0.25, -0.2) is 0 Å². The average molecular weight is 204 g/mol. The lowest BCUT2D eigenvalue weighted by Crippen LogP contribution is -2.26. The molecule has 2 atom stereocenters. The molecular formula is C8H16N2O2S.